The van der Waals surface area contributed by atoms with Crippen molar-refractivity contribution >= 4 is 33.0 Å². The van der Waals surface area contributed by atoms with Crippen LogP contribution in [0.3, 0.4) is 0 Å². The molecule has 2 nitrogen and oxygen atoms in total. The van der Waals surface area contributed by atoms with Crippen LogP contribution in [-0.2, 0) is 0 Å². The molecule has 1 fully saturated rings. The summed E-state index contributed by atoms with van der Waals surface area (Å²) in [4.78, 5) is 5.67. The highest BCUT2D eigenvalue weighted by Crippen LogP contribution is 2.44. The number of hydrogen-bond donors (Lipinski definition) is 1. The molecule has 3 rings (SSSR count). The quantitative estimate of drug-likeness (QED) is 0.843. The molecule has 1 saturated carbocycles. The van der Waals surface area contributed by atoms with Crippen molar-refractivity contribution in [1.29, 1.82) is 0 Å². The number of aromatic nitrogens is 1. The van der Waals surface area contributed by atoms with E-state index < -0.39 is 0 Å². The van der Waals surface area contributed by atoms with Gasteiger partial charge in [0.15, 0.2) is 0 Å². The largest absolute Gasteiger partial charge is 0.375 e. The SMILES string of the molecule is Brc1ncccc1NC(c1cccs1)C1CC1. The van der Waals surface area contributed by atoms with Crippen LogP contribution in [0.1, 0.15) is 23.8 Å². The predicted molar refractivity (Wildman–Crippen MR) is 75.3 cm³/mol. The second-order valence-corrected chi connectivity index (χ2v) is 6.05. The first kappa shape index (κ1) is 11.2. The van der Waals surface area contributed by atoms with E-state index in [1.165, 1.54) is 17.7 Å². The van der Waals surface area contributed by atoms with Crippen molar-refractivity contribution in [1.82, 2.24) is 4.98 Å². The predicted octanol–water partition coefficient (Wildman–Crippen LogP) is 4.47. The summed E-state index contributed by atoms with van der Waals surface area (Å²) in [5, 5.41) is 5.76. The molecule has 0 aromatic carbocycles. The fourth-order valence-corrected chi connectivity index (χ4v) is 3.21. The van der Waals surface area contributed by atoms with Crippen LogP contribution in [0.5, 0.6) is 0 Å². The van der Waals surface area contributed by atoms with Crippen LogP contribution in [0.15, 0.2) is 40.4 Å². The van der Waals surface area contributed by atoms with Gasteiger partial charge in [0.1, 0.15) is 4.60 Å². The molecule has 1 atom stereocenters. The van der Waals surface area contributed by atoms with Gasteiger partial charge in [-0.05, 0) is 58.3 Å². The fourth-order valence-electron chi connectivity index (χ4n) is 1.98. The third kappa shape index (κ3) is 2.53. The van der Waals surface area contributed by atoms with Crippen molar-refractivity contribution in [3.05, 3.63) is 45.3 Å². The maximum absolute atomic E-state index is 4.25. The lowest BCUT2D eigenvalue weighted by Crippen LogP contribution is -2.12. The Morgan fingerprint density at radius 2 is 2.24 bits per heavy atom. The van der Waals surface area contributed by atoms with Gasteiger partial charge >= 0.3 is 0 Å². The van der Waals surface area contributed by atoms with Crippen LogP contribution >= 0.6 is 27.3 Å². The van der Waals surface area contributed by atoms with E-state index in [2.05, 4.69) is 49.8 Å². The van der Waals surface area contributed by atoms with Crippen LogP contribution < -0.4 is 5.32 Å². The van der Waals surface area contributed by atoms with Gasteiger partial charge in [0.2, 0.25) is 0 Å². The normalized spacial score (nSPS) is 16.8. The zero-order valence-electron chi connectivity index (χ0n) is 9.27. The summed E-state index contributed by atoms with van der Waals surface area (Å²) in [6, 6.07) is 8.81. The Hall–Kier alpha value is -0.870. The van der Waals surface area contributed by atoms with E-state index in [9.17, 15) is 0 Å². The minimum absolute atomic E-state index is 0.440. The molecule has 1 unspecified atom stereocenters. The number of halogens is 1. The number of rotatable bonds is 4. The summed E-state index contributed by atoms with van der Waals surface area (Å²) in [5.41, 5.74) is 1.08. The molecule has 2 heterocycles. The lowest BCUT2D eigenvalue weighted by molar-refractivity contribution is 0.690. The molecule has 88 valence electrons. The van der Waals surface area contributed by atoms with E-state index in [1.54, 1.807) is 6.20 Å². The topological polar surface area (TPSA) is 24.9 Å². The average Bonchev–Trinajstić information content (AvgIpc) is 3.03. The Labute approximate surface area is 113 Å². The van der Waals surface area contributed by atoms with Crippen LogP contribution in [0.2, 0.25) is 0 Å². The Kier molecular flexibility index (Phi) is 3.16. The fraction of sp³-hybridized carbons (Fsp3) is 0.308. The van der Waals surface area contributed by atoms with E-state index in [4.69, 9.17) is 0 Å². The molecule has 4 heteroatoms. The molecule has 0 saturated heterocycles. The monoisotopic (exact) mass is 308 g/mol. The van der Waals surface area contributed by atoms with Crippen molar-refractivity contribution < 1.29 is 0 Å². The highest BCUT2D eigenvalue weighted by atomic mass is 79.9. The summed E-state index contributed by atoms with van der Waals surface area (Å²) in [5.74, 6) is 0.778. The van der Waals surface area contributed by atoms with Crippen LogP contribution in [0.25, 0.3) is 0 Å². The van der Waals surface area contributed by atoms with Crippen molar-refractivity contribution in [2.45, 2.75) is 18.9 Å². The summed E-state index contributed by atoms with van der Waals surface area (Å²) in [7, 11) is 0. The third-order valence-electron chi connectivity index (χ3n) is 3.01. The van der Waals surface area contributed by atoms with Gasteiger partial charge in [0.05, 0.1) is 11.7 Å². The van der Waals surface area contributed by atoms with Crippen molar-refractivity contribution in [3.63, 3.8) is 0 Å². The van der Waals surface area contributed by atoms with E-state index in [1.807, 2.05) is 17.4 Å². The highest BCUT2D eigenvalue weighted by molar-refractivity contribution is 9.10. The number of nitrogens with one attached hydrogen (secondary N) is 1. The molecule has 0 spiro atoms. The zero-order chi connectivity index (χ0) is 11.7. The number of hydrogen-bond acceptors (Lipinski definition) is 3. The average molecular weight is 309 g/mol. The summed E-state index contributed by atoms with van der Waals surface area (Å²) < 4.78 is 0.891. The molecule has 1 aliphatic carbocycles. The first-order chi connectivity index (χ1) is 8.34. The number of pyridine rings is 1. The first-order valence-electron chi connectivity index (χ1n) is 5.75. The Morgan fingerprint density at radius 1 is 1.35 bits per heavy atom. The van der Waals surface area contributed by atoms with Crippen LogP contribution in [-0.4, -0.2) is 4.98 Å². The van der Waals surface area contributed by atoms with E-state index in [-0.39, 0.29) is 0 Å². The van der Waals surface area contributed by atoms with Gasteiger partial charge in [-0.1, -0.05) is 6.07 Å². The standard InChI is InChI=1S/C13H13BrN2S/c14-13-10(3-1-7-15-13)16-12(9-5-6-9)11-4-2-8-17-11/h1-4,7-9,12,16H,5-6H2. The molecule has 2 aromatic heterocycles. The lowest BCUT2D eigenvalue weighted by atomic mass is 10.1. The van der Waals surface area contributed by atoms with Gasteiger partial charge in [-0.2, -0.15) is 0 Å². The molecule has 17 heavy (non-hydrogen) atoms. The number of anilines is 1. The van der Waals surface area contributed by atoms with E-state index in [0.29, 0.717) is 6.04 Å². The molecule has 0 bridgehead atoms. The molecule has 0 amide bonds. The van der Waals surface area contributed by atoms with Gasteiger partial charge in [0, 0.05) is 11.1 Å². The van der Waals surface area contributed by atoms with Crippen molar-refractivity contribution in [2.24, 2.45) is 5.92 Å². The molecule has 1 N–H and O–H groups in total. The van der Waals surface area contributed by atoms with Gasteiger partial charge < -0.3 is 5.32 Å². The minimum Gasteiger partial charge on any atom is -0.375 e. The van der Waals surface area contributed by atoms with E-state index >= 15 is 0 Å². The smallest absolute Gasteiger partial charge is 0.129 e. The van der Waals surface area contributed by atoms with E-state index in [0.717, 1.165) is 16.2 Å². The van der Waals surface area contributed by atoms with Gasteiger partial charge in [-0.3, -0.25) is 0 Å². The Balaban J connectivity index is 1.84. The highest BCUT2D eigenvalue weighted by Gasteiger charge is 2.33. The lowest BCUT2D eigenvalue weighted by Gasteiger charge is -2.18. The van der Waals surface area contributed by atoms with Crippen molar-refractivity contribution in [2.75, 3.05) is 5.32 Å². The summed E-state index contributed by atoms with van der Waals surface area (Å²) >= 11 is 5.31. The number of thiophene rings is 1. The van der Waals surface area contributed by atoms with Crippen molar-refractivity contribution in [3.8, 4) is 0 Å². The molecular weight excluding hydrogens is 296 g/mol. The molecule has 1 aliphatic rings. The first-order valence-corrected chi connectivity index (χ1v) is 7.42. The molecule has 0 radical (unpaired) electrons. The maximum atomic E-state index is 4.25. The third-order valence-corrected chi connectivity index (χ3v) is 4.60. The van der Waals surface area contributed by atoms with Gasteiger partial charge in [-0.25, -0.2) is 4.98 Å². The second kappa shape index (κ2) is 4.78. The maximum Gasteiger partial charge on any atom is 0.129 e. The summed E-state index contributed by atoms with van der Waals surface area (Å²) in [6.45, 7) is 0. The molecular formula is C13H13BrN2S. The number of nitrogens with zero attached hydrogens (tertiary/aromatic N) is 1. The Morgan fingerprint density at radius 3 is 2.88 bits per heavy atom. The summed E-state index contributed by atoms with van der Waals surface area (Å²) in [6.07, 6.45) is 4.45. The van der Waals surface area contributed by atoms with Crippen LogP contribution in [0, 0.1) is 5.92 Å². The minimum atomic E-state index is 0.440. The Bertz CT molecular complexity index is 494. The van der Waals surface area contributed by atoms with Gasteiger partial charge in [0.25, 0.3) is 0 Å². The zero-order valence-corrected chi connectivity index (χ0v) is 11.7. The van der Waals surface area contributed by atoms with Crippen LogP contribution in [0.4, 0.5) is 5.69 Å². The molecule has 2 aromatic rings. The van der Waals surface area contributed by atoms with Gasteiger partial charge in [-0.15, -0.1) is 11.3 Å². The molecule has 0 aliphatic heterocycles. The second-order valence-electron chi connectivity index (χ2n) is 4.32.